The minimum absolute atomic E-state index is 0.0386. The number of rotatable bonds is 7. The zero-order chi connectivity index (χ0) is 30.1. The summed E-state index contributed by atoms with van der Waals surface area (Å²) in [4.78, 5) is 66.6. The van der Waals surface area contributed by atoms with Crippen molar-refractivity contribution in [1.82, 2.24) is 10.0 Å². The van der Waals surface area contributed by atoms with Gasteiger partial charge in [0, 0.05) is 10.6 Å². The number of esters is 1. The summed E-state index contributed by atoms with van der Waals surface area (Å²) in [5.41, 5.74) is 0.305. The molecule has 0 spiro atoms. The van der Waals surface area contributed by atoms with Crippen LogP contribution < -0.4 is 4.74 Å². The molecule has 0 bridgehead atoms. The number of amides is 3. The first-order chi connectivity index (χ1) is 20.1. The lowest BCUT2D eigenvalue weighted by atomic mass is 9.78. The van der Waals surface area contributed by atoms with E-state index in [9.17, 15) is 24.0 Å². The largest absolute Gasteiger partial charge is 0.423 e. The molecule has 1 heterocycles. The van der Waals surface area contributed by atoms with Crippen molar-refractivity contribution in [2.45, 2.75) is 13.3 Å². The lowest BCUT2D eigenvalue weighted by Gasteiger charge is -2.30. The van der Waals surface area contributed by atoms with Gasteiger partial charge in [0.05, 0.1) is 33.0 Å². The number of hydrogen-bond acceptors (Lipinski definition) is 6. The Balaban J connectivity index is 1.39. The van der Waals surface area contributed by atoms with E-state index < -0.39 is 47.9 Å². The second kappa shape index (κ2) is 12.1. The van der Waals surface area contributed by atoms with E-state index in [1.165, 1.54) is 54.6 Å². The number of Topliss-reactive ketones (excluding diaryl/α,β-unsaturated/α-hetero) is 1. The van der Waals surface area contributed by atoms with Crippen LogP contribution in [0.5, 0.6) is 5.75 Å². The van der Waals surface area contributed by atoms with E-state index in [1.807, 2.05) is 19.1 Å². The van der Waals surface area contributed by atoms with Crippen molar-refractivity contribution in [2.75, 3.05) is 6.54 Å². The Labute approximate surface area is 256 Å². The average molecular weight is 626 g/mol. The lowest BCUT2D eigenvalue weighted by Crippen LogP contribution is -2.52. The van der Waals surface area contributed by atoms with Crippen LogP contribution in [0.3, 0.4) is 0 Å². The Morgan fingerprint density at radius 2 is 1.62 bits per heavy atom. The van der Waals surface area contributed by atoms with Gasteiger partial charge in [0.25, 0.3) is 17.7 Å². The number of fused-ring (bicyclic) bond motifs is 1. The number of imide groups is 1. The molecule has 8 nitrogen and oxygen atoms in total. The molecule has 3 atom stereocenters. The minimum atomic E-state index is -0.764. The van der Waals surface area contributed by atoms with Gasteiger partial charge >= 0.3 is 5.97 Å². The van der Waals surface area contributed by atoms with E-state index in [1.54, 1.807) is 12.1 Å². The number of ether oxygens (including phenoxy) is 1. The van der Waals surface area contributed by atoms with E-state index in [0.29, 0.717) is 11.4 Å². The highest BCUT2D eigenvalue weighted by Crippen LogP contribution is 2.39. The number of benzene rings is 3. The fourth-order valence-corrected chi connectivity index (χ4v) is 5.83. The van der Waals surface area contributed by atoms with Crippen molar-refractivity contribution in [3.8, 4) is 5.75 Å². The molecule has 3 aromatic rings. The van der Waals surface area contributed by atoms with Crippen LogP contribution >= 0.6 is 34.8 Å². The predicted octanol–water partition coefficient (Wildman–Crippen LogP) is 6.30. The summed E-state index contributed by atoms with van der Waals surface area (Å²) in [6.07, 6.45) is 4.08. The molecule has 214 valence electrons. The minimum Gasteiger partial charge on any atom is -0.423 e. The van der Waals surface area contributed by atoms with Gasteiger partial charge in [0.15, 0.2) is 5.78 Å². The van der Waals surface area contributed by atoms with Crippen LogP contribution in [0.15, 0.2) is 78.9 Å². The Kier molecular flexibility index (Phi) is 8.50. The molecule has 42 heavy (non-hydrogen) atoms. The van der Waals surface area contributed by atoms with Crippen molar-refractivity contribution in [3.63, 3.8) is 0 Å². The van der Waals surface area contributed by atoms with Gasteiger partial charge in [-0.3, -0.25) is 19.2 Å². The van der Waals surface area contributed by atoms with E-state index in [4.69, 9.17) is 39.5 Å². The smallest absolute Gasteiger partial charge is 0.345 e. The number of ketones is 1. The third-order valence-electron chi connectivity index (χ3n) is 7.26. The van der Waals surface area contributed by atoms with Gasteiger partial charge in [-0.1, -0.05) is 66.0 Å². The molecular weight excluding hydrogens is 603 g/mol. The summed E-state index contributed by atoms with van der Waals surface area (Å²) in [5.74, 6) is -4.46. The molecular formula is C31H23Cl3N2O6. The first-order valence-corrected chi connectivity index (χ1v) is 14.1. The summed E-state index contributed by atoms with van der Waals surface area (Å²) >= 11 is 18.2. The molecule has 2 aliphatic rings. The SMILES string of the molecule is C[C@@H]1C=CC[C@H]2C(=O)N(N(CC(=O)c3ccc(OC(=O)c4ccc(Cl)cc4Cl)cc3)C(=O)c3ccccc3Cl)C(=O)[C@@H]12. The number of halogens is 3. The molecule has 0 saturated carbocycles. The summed E-state index contributed by atoms with van der Waals surface area (Å²) in [5, 5.41) is 2.27. The molecule has 3 aromatic carbocycles. The van der Waals surface area contributed by atoms with Crippen molar-refractivity contribution in [1.29, 1.82) is 0 Å². The zero-order valence-electron chi connectivity index (χ0n) is 22.1. The summed E-state index contributed by atoms with van der Waals surface area (Å²) in [7, 11) is 0. The van der Waals surface area contributed by atoms with Crippen molar-refractivity contribution >= 4 is 64.3 Å². The maximum Gasteiger partial charge on any atom is 0.345 e. The maximum absolute atomic E-state index is 13.7. The van der Waals surface area contributed by atoms with Crippen molar-refractivity contribution < 1.29 is 28.7 Å². The third kappa shape index (κ3) is 5.70. The van der Waals surface area contributed by atoms with Crippen LogP contribution in [0.4, 0.5) is 0 Å². The Morgan fingerprint density at radius 3 is 2.29 bits per heavy atom. The average Bonchev–Trinajstić information content (AvgIpc) is 3.22. The van der Waals surface area contributed by atoms with Crippen LogP contribution in [0.1, 0.15) is 44.4 Å². The van der Waals surface area contributed by atoms with Gasteiger partial charge in [0.1, 0.15) is 12.3 Å². The summed E-state index contributed by atoms with van der Waals surface area (Å²) in [6, 6.07) is 16.2. The first kappa shape index (κ1) is 29.5. The van der Waals surface area contributed by atoms with Gasteiger partial charge in [-0.2, -0.15) is 5.01 Å². The summed E-state index contributed by atoms with van der Waals surface area (Å²) < 4.78 is 5.36. The fourth-order valence-electron chi connectivity index (χ4n) is 5.13. The predicted molar refractivity (Wildman–Crippen MR) is 156 cm³/mol. The number of hydrazine groups is 1. The third-order valence-corrected chi connectivity index (χ3v) is 8.14. The number of nitrogens with zero attached hydrogens (tertiary/aromatic N) is 2. The monoisotopic (exact) mass is 624 g/mol. The van der Waals surface area contributed by atoms with Crippen molar-refractivity contribution in [2.24, 2.45) is 17.8 Å². The molecule has 0 unspecified atom stereocenters. The highest BCUT2D eigenvalue weighted by Gasteiger charge is 2.53. The van der Waals surface area contributed by atoms with Gasteiger partial charge in [-0.05, 0) is 66.9 Å². The number of carbonyl (C=O) groups excluding carboxylic acids is 5. The quantitative estimate of drug-likeness (QED) is 0.100. The highest BCUT2D eigenvalue weighted by molar-refractivity contribution is 6.36. The molecule has 0 N–H and O–H groups in total. The molecule has 0 radical (unpaired) electrons. The van der Waals surface area contributed by atoms with E-state index >= 15 is 0 Å². The Bertz CT molecular complexity index is 1640. The van der Waals surface area contributed by atoms with Crippen LogP contribution in [-0.2, 0) is 9.59 Å². The van der Waals surface area contributed by atoms with Gasteiger partial charge < -0.3 is 4.74 Å². The molecule has 11 heteroatoms. The molecule has 1 saturated heterocycles. The van der Waals surface area contributed by atoms with Crippen LogP contribution in [0.25, 0.3) is 0 Å². The van der Waals surface area contributed by atoms with E-state index in [0.717, 1.165) is 10.0 Å². The number of carbonyl (C=O) groups is 5. The van der Waals surface area contributed by atoms with Gasteiger partial charge in [0.2, 0.25) is 0 Å². The molecule has 3 amide bonds. The second-order valence-corrected chi connectivity index (χ2v) is 11.2. The zero-order valence-corrected chi connectivity index (χ0v) is 24.4. The maximum atomic E-state index is 13.7. The van der Waals surface area contributed by atoms with E-state index in [2.05, 4.69) is 0 Å². The topological polar surface area (TPSA) is 101 Å². The standard InChI is InChI=1S/C31H23Cl3N2O6/c1-17-5-4-7-23-27(17)30(40)36(29(23)39)35(28(38)21-6-2-3-8-24(21)33)16-26(37)18-9-12-20(13-10-18)42-31(41)22-14-11-19(32)15-25(22)34/h2-6,8-15,17,23,27H,7,16H2,1H3/t17-,23-,27+/m1/s1. The second-order valence-electron chi connectivity index (χ2n) is 9.95. The lowest BCUT2D eigenvalue weighted by molar-refractivity contribution is -0.154. The van der Waals surface area contributed by atoms with Crippen LogP contribution in [0, 0.1) is 17.8 Å². The molecule has 0 aromatic heterocycles. The fraction of sp³-hybridized carbons (Fsp3) is 0.194. The molecule has 5 rings (SSSR count). The normalized spacial score (nSPS) is 19.4. The van der Waals surface area contributed by atoms with Crippen LogP contribution in [-0.4, -0.2) is 46.0 Å². The van der Waals surface area contributed by atoms with Gasteiger partial charge in [-0.15, -0.1) is 0 Å². The molecule has 1 fully saturated rings. The van der Waals surface area contributed by atoms with Gasteiger partial charge in [-0.25, -0.2) is 9.80 Å². The van der Waals surface area contributed by atoms with Crippen LogP contribution in [0.2, 0.25) is 15.1 Å². The molecule has 1 aliphatic heterocycles. The summed E-state index contributed by atoms with van der Waals surface area (Å²) in [6.45, 7) is 1.23. The number of allylic oxidation sites excluding steroid dienone is 2. The first-order valence-electron chi connectivity index (χ1n) is 13.0. The highest BCUT2D eigenvalue weighted by atomic mass is 35.5. The van der Waals surface area contributed by atoms with E-state index in [-0.39, 0.29) is 38.4 Å². The Morgan fingerprint density at radius 1 is 0.905 bits per heavy atom. The molecule has 1 aliphatic carbocycles. The Hall–Kier alpha value is -3.98. The van der Waals surface area contributed by atoms with Crippen molar-refractivity contribution in [3.05, 3.63) is 111 Å². The number of hydrogen-bond donors (Lipinski definition) is 0.